The Morgan fingerprint density at radius 1 is 1.20 bits per heavy atom. The molecular formula is C14H8BrClN2O2. The zero-order chi connectivity index (χ0) is 14.3. The Balaban J connectivity index is 2.29. The van der Waals surface area contributed by atoms with Crippen LogP contribution in [0.5, 0.6) is 0 Å². The molecule has 3 rings (SSSR count). The van der Waals surface area contributed by atoms with E-state index in [9.17, 15) is 4.79 Å². The van der Waals surface area contributed by atoms with Crippen molar-refractivity contribution >= 4 is 39.0 Å². The minimum Gasteiger partial charge on any atom is -0.476 e. The Kier molecular flexibility index (Phi) is 3.23. The number of carbonyl (C=O) groups is 1. The van der Waals surface area contributed by atoms with E-state index in [0.29, 0.717) is 10.1 Å². The first-order valence-electron chi connectivity index (χ1n) is 5.74. The van der Waals surface area contributed by atoms with Crippen LogP contribution in [-0.2, 0) is 0 Å². The molecule has 1 aromatic carbocycles. The number of pyridine rings is 1. The van der Waals surface area contributed by atoms with Crippen molar-refractivity contribution in [3.63, 3.8) is 0 Å². The second kappa shape index (κ2) is 4.92. The van der Waals surface area contributed by atoms with Crippen LogP contribution in [0.2, 0.25) is 5.02 Å². The maximum atomic E-state index is 11.1. The molecule has 0 spiro atoms. The van der Waals surface area contributed by atoms with Gasteiger partial charge in [0.15, 0.2) is 5.69 Å². The van der Waals surface area contributed by atoms with Crippen molar-refractivity contribution in [2.45, 2.75) is 0 Å². The molecule has 0 unspecified atom stereocenters. The number of nitrogens with zero attached hydrogens (tertiary/aromatic N) is 2. The van der Waals surface area contributed by atoms with Gasteiger partial charge in [0.05, 0.1) is 5.52 Å². The van der Waals surface area contributed by atoms with Gasteiger partial charge in [-0.15, -0.1) is 0 Å². The summed E-state index contributed by atoms with van der Waals surface area (Å²) in [7, 11) is 0. The summed E-state index contributed by atoms with van der Waals surface area (Å²) in [6, 6.07) is 13.5. The lowest BCUT2D eigenvalue weighted by molar-refractivity contribution is 0.0690. The third-order valence-electron chi connectivity index (χ3n) is 2.94. The fraction of sp³-hybridized carbons (Fsp3) is 0. The lowest BCUT2D eigenvalue weighted by atomic mass is 10.1. The van der Waals surface area contributed by atoms with E-state index >= 15 is 0 Å². The van der Waals surface area contributed by atoms with Crippen molar-refractivity contribution in [3.8, 4) is 11.1 Å². The van der Waals surface area contributed by atoms with E-state index in [1.165, 1.54) is 4.52 Å². The Bertz CT molecular complexity index is 815. The molecule has 0 radical (unpaired) electrons. The molecule has 0 atom stereocenters. The summed E-state index contributed by atoms with van der Waals surface area (Å²) < 4.78 is 2.11. The molecule has 2 aromatic heterocycles. The third-order valence-corrected chi connectivity index (χ3v) is 3.88. The summed E-state index contributed by atoms with van der Waals surface area (Å²) in [6.45, 7) is 0. The monoisotopic (exact) mass is 350 g/mol. The average molecular weight is 352 g/mol. The molecule has 0 saturated carbocycles. The first kappa shape index (κ1) is 13.1. The van der Waals surface area contributed by atoms with E-state index in [-0.39, 0.29) is 10.7 Å². The van der Waals surface area contributed by atoms with Crippen LogP contribution in [-0.4, -0.2) is 20.7 Å². The highest BCUT2D eigenvalue weighted by molar-refractivity contribution is 9.10. The van der Waals surface area contributed by atoms with Crippen molar-refractivity contribution in [1.29, 1.82) is 0 Å². The minimum atomic E-state index is -1.15. The standard InChI is InChI=1S/C14H8BrClN2O2/c15-11-7-9(8-4-2-1-3-5-8)6-10-12(16)13(14(19)20)17-18(10)11/h1-7H,(H,19,20). The van der Waals surface area contributed by atoms with Gasteiger partial charge < -0.3 is 5.11 Å². The van der Waals surface area contributed by atoms with E-state index in [2.05, 4.69) is 21.0 Å². The van der Waals surface area contributed by atoms with Gasteiger partial charge in [-0.3, -0.25) is 0 Å². The van der Waals surface area contributed by atoms with E-state index in [1.54, 1.807) is 0 Å². The number of carboxylic acid groups (broad SMARTS) is 1. The summed E-state index contributed by atoms with van der Waals surface area (Å²) in [6.07, 6.45) is 0. The maximum Gasteiger partial charge on any atom is 0.358 e. The van der Waals surface area contributed by atoms with Crippen LogP contribution in [0, 0.1) is 0 Å². The Morgan fingerprint density at radius 3 is 2.55 bits per heavy atom. The second-order valence-corrected chi connectivity index (χ2v) is 5.39. The summed E-state index contributed by atoms with van der Waals surface area (Å²) >= 11 is 9.49. The van der Waals surface area contributed by atoms with Crippen LogP contribution in [0.4, 0.5) is 0 Å². The molecule has 0 aliphatic rings. The number of aromatic nitrogens is 2. The molecule has 0 aliphatic heterocycles. The molecule has 4 nitrogen and oxygen atoms in total. The van der Waals surface area contributed by atoms with Crippen LogP contribution in [0.15, 0.2) is 47.1 Å². The molecule has 2 heterocycles. The largest absolute Gasteiger partial charge is 0.476 e. The lowest BCUT2D eigenvalue weighted by Gasteiger charge is -2.04. The zero-order valence-electron chi connectivity index (χ0n) is 10.0. The number of rotatable bonds is 2. The van der Waals surface area contributed by atoms with E-state index in [1.807, 2.05) is 42.5 Å². The highest BCUT2D eigenvalue weighted by Crippen LogP contribution is 2.30. The predicted octanol–water partition coefficient (Wildman–Crippen LogP) is 4.12. The van der Waals surface area contributed by atoms with Crippen LogP contribution in [0.1, 0.15) is 10.5 Å². The van der Waals surface area contributed by atoms with Gasteiger partial charge in [0.1, 0.15) is 9.63 Å². The number of carboxylic acids is 1. The van der Waals surface area contributed by atoms with Crippen molar-refractivity contribution in [1.82, 2.24) is 9.61 Å². The predicted molar refractivity (Wildman–Crippen MR) is 80.3 cm³/mol. The van der Waals surface area contributed by atoms with Gasteiger partial charge in [-0.1, -0.05) is 41.9 Å². The fourth-order valence-electron chi connectivity index (χ4n) is 2.01. The Labute approximate surface area is 127 Å². The van der Waals surface area contributed by atoms with Gasteiger partial charge in [0.25, 0.3) is 0 Å². The second-order valence-electron chi connectivity index (χ2n) is 4.20. The SMILES string of the molecule is O=C(O)c1nn2c(Br)cc(-c3ccccc3)cc2c1Cl. The molecule has 6 heteroatoms. The molecule has 0 bridgehead atoms. The highest BCUT2D eigenvalue weighted by Gasteiger charge is 2.19. The number of halogens is 2. The number of fused-ring (bicyclic) bond motifs is 1. The van der Waals surface area contributed by atoms with Crippen molar-refractivity contribution in [2.24, 2.45) is 0 Å². The molecule has 20 heavy (non-hydrogen) atoms. The molecule has 0 saturated heterocycles. The van der Waals surface area contributed by atoms with Crippen molar-refractivity contribution in [3.05, 3.63) is 57.8 Å². The highest BCUT2D eigenvalue weighted by atomic mass is 79.9. The normalized spacial score (nSPS) is 10.9. The van der Waals surface area contributed by atoms with Crippen molar-refractivity contribution in [2.75, 3.05) is 0 Å². The number of benzene rings is 1. The first-order valence-corrected chi connectivity index (χ1v) is 6.91. The van der Waals surface area contributed by atoms with Gasteiger partial charge in [-0.2, -0.15) is 5.10 Å². The van der Waals surface area contributed by atoms with Crippen LogP contribution in [0.25, 0.3) is 16.6 Å². The summed E-state index contributed by atoms with van der Waals surface area (Å²) in [5, 5.41) is 13.2. The Morgan fingerprint density at radius 2 is 1.90 bits per heavy atom. The summed E-state index contributed by atoms with van der Waals surface area (Å²) in [4.78, 5) is 11.1. The van der Waals surface area contributed by atoms with Crippen molar-refractivity contribution < 1.29 is 9.90 Å². The molecule has 100 valence electrons. The number of hydrogen-bond donors (Lipinski definition) is 1. The maximum absolute atomic E-state index is 11.1. The number of aromatic carboxylic acids is 1. The van der Waals surface area contributed by atoms with Crippen LogP contribution in [0.3, 0.4) is 0 Å². The topological polar surface area (TPSA) is 54.6 Å². The van der Waals surface area contributed by atoms with Crippen LogP contribution < -0.4 is 0 Å². The molecule has 0 fully saturated rings. The Hall–Kier alpha value is -1.85. The molecule has 1 N–H and O–H groups in total. The number of hydrogen-bond acceptors (Lipinski definition) is 2. The molecule has 0 amide bonds. The fourth-order valence-corrected chi connectivity index (χ4v) is 2.78. The first-order chi connectivity index (χ1) is 9.58. The smallest absolute Gasteiger partial charge is 0.358 e. The summed E-state index contributed by atoms with van der Waals surface area (Å²) in [5.74, 6) is -1.15. The minimum absolute atomic E-state index is 0.135. The molecular weight excluding hydrogens is 344 g/mol. The molecule has 0 aliphatic carbocycles. The third kappa shape index (κ3) is 2.09. The van der Waals surface area contributed by atoms with Gasteiger partial charge in [0, 0.05) is 0 Å². The zero-order valence-corrected chi connectivity index (χ0v) is 12.4. The van der Waals surface area contributed by atoms with Gasteiger partial charge in [-0.25, -0.2) is 9.31 Å². The van der Waals surface area contributed by atoms with E-state index in [4.69, 9.17) is 16.7 Å². The average Bonchev–Trinajstić information content (AvgIpc) is 2.78. The van der Waals surface area contributed by atoms with Gasteiger partial charge in [-0.05, 0) is 39.2 Å². The van der Waals surface area contributed by atoms with Gasteiger partial charge in [0.2, 0.25) is 0 Å². The summed E-state index contributed by atoms with van der Waals surface area (Å²) in [5.41, 5.74) is 2.35. The van der Waals surface area contributed by atoms with E-state index in [0.717, 1.165) is 11.1 Å². The van der Waals surface area contributed by atoms with Gasteiger partial charge >= 0.3 is 5.97 Å². The van der Waals surface area contributed by atoms with E-state index < -0.39 is 5.97 Å². The van der Waals surface area contributed by atoms with Crippen LogP contribution >= 0.6 is 27.5 Å². The lowest BCUT2D eigenvalue weighted by Crippen LogP contribution is -1.98. The quantitative estimate of drug-likeness (QED) is 0.707. The molecule has 3 aromatic rings.